The van der Waals surface area contributed by atoms with Gasteiger partial charge < -0.3 is 0 Å². The third-order valence-corrected chi connectivity index (χ3v) is 3.35. The highest BCUT2D eigenvalue weighted by Crippen LogP contribution is 2.35. The van der Waals surface area contributed by atoms with Crippen molar-refractivity contribution in [2.75, 3.05) is 0 Å². The zero-order valence-corrected chi connectivity index (χ0v) is 8.90. The Hall–Kier alpha value is -0.560. The van der Waals surface area contributed by atoms with Crippen LogP contribution in [0.3, 0.4) is 0 Å². The Labute approximate surface area is 81.4 Å². The quantitative estimate of drug-likeness (QED) is 0.627. The smallest absolute Gasteiger partial charge is 0.0216 e. The Bertz CT molecular complexity index is 361. The van der Waals surface area contributed by atoms with Crippen LogP contribution in [0.2, 0.25) is 0 Å². The first-order valence-corrected chi connectivity index (χ1v) is 4.93. The van der Waals surface area contributed by atoms with Crippen molar-refractivity contribution in [3.63, 3.8) is 0 Å². The molecular formula is C11H11Br. The lowest BCUT2D eigenvalue weighted by Gasteiger charge is -2.01. The van der Waals surface area contributed by atoms with Gasteiger partial charge in [-0.1, -0.05) is 33.6 Å². The molecule has 0 N–H and O–H groups in total. The van der Waals surface area contributed by atoms with Crippen LogP contribution in [0.1, 0.15) is 25.0 Å². The molecule has 0 bridgehead atoms. The summed E-state index contributed by atoms with van der Waals surface area (Å²) in [4.78, 5) is 0. The van der Waals surface area contributed by atoms with Crippen LogP contribution < -0.4 is 0 Å². The maximum atomic E-state index is 3.58. The standard InChI is InChI=1S/C11H11Br/c1-7-6-10-9(8(7)2)4-3-5-11(10)12/h3-5H,6H2,1-2H3. The Kier molecular flexibility index (Phi) is 1.84. The number of halogens is 1. The molecule has 0 fully saturated rings. The van der Waals surface area contributed by atoms with Gasteiger partial charge in [0.25, 0.3) is 0 Å². The summed E-state index contributed by atoms with van der Waals surface area (Å²) >= 11 is 3.58. The normalized spacial score (nSPS) is 15.2. The highest BCUT2D eigenvalue weighted by Gasteiger charge is 2.16. The average Bonchev–Trinajstić information content (AvgIpc) is 2.32. The first kappa shape index (κ1) is 8.06. The molecule has 1 aromatic rings. The van der Waals surface area contributed by atoms with Crippen LogP contribution >= 0.6 is 15.9 Å². The minimum atomic E-state index is 1.11. The van der Waals surface area contributed by atoms with Gasteiger partial charge in [0.05, 0.1) is 0 Å². The molecule has 0 atom stereocenters. The highest BCUT2D eigenvalue weighted by atomic mass is 79.9. The van der Waals surface area contributed by atoms with Gasteiger partial charge >= 0.3 is 0 Å². The van der Waals surface area contributed by atoms with E-state index in [1.54, 1.807) is 0 Å². The molecule has 0 amide bonds. The minimum absolute atomic E-state index is 1.11. The summed E-state index contributed by atoms with van der Waals surface area (Å²) in [6.07, 6.45) is 1.11. The molecule has 0 saturated heterocycles. The third kappa shape index (κ3) is 1.04. The highest BCUT2D eigenvalue weighted by molar-refractivity contribution is 9.10. The van der Waals surface area contributed by atoms with Gasteiger partial charge in [-0.25, -0.2) is 0 Å². The predicted molar refractivity (Wildman–Crippen MR) is 56.1 cm³/mol. The molecule has 12 heavy (non-hydrogen) atoms. The van der Waals surface area contributed by atoms with Crippen molar-refractivity contribution in [3.05, 3.63) is 39.4 Å². The topological polar surface area (TPSA) is 0 Å². The predicted octanol–water partition coefficient (Wildman–Crippen LogP) is 3.80. The summed E-state index contributed by atoms with van der Waals surface area (Å²) in [5.41, 5.74) is 5.82. The summed E-state index contributed by atoms with van der Waals surface area (Å²) in [6.45, 7) is 4.41. The van der Waals surface area contributed by atoms with Gasteiger partial charge in [-0.15, -0.1) is 0 Å². The summed E-state index contributed by atoms with van der Waals surface area (Å²) in [5.74, 6) is 0. The maximum Gasteiger partial charge on any atom is 0.0216 e. The lowest BCUT2D eigenvalue weighted by molar-refractivity contribution is 1.18. The van der Waals surface area contributed by atoms with Gasteiger partial charge in [0, 0.05) is 4.47 Å². The number of benzene rings is 1. The second-order valence-electron chi connectivity index (χ2n) is 3.35. The Morgan fingerprint density at radius 1 is 1.25 bits per heavy atom. The molecule has 1 aliphatic carbocycles. The summed E-state index contributed by atoms with van der Waals surface area (Å²) in [5, 5.41) is 0. The van der Waals surface area contributed by atoms with Crippen molar-refractivity contribution in [2.24, 2.45) is 0 Å². The molecule has 0 radical (unpaired) electrons. The average molecular weight is 223 g/mol. The molecule has 62 valence electrons. The molecule has 2 rings (SSSR count). The second kappa shape index (κ2) is 2.74. The maximum absolute atomic E-state index is 3.58. The number of hydrogen-bond acceptors (Lipinski definition) is 0. The molecule has 0 saturated carbocycles. The largest absolute Gasteiger partial charge is 0.0653 e. The number of fused-ring (bicyclic) bond motifs is 1. The fourth-order valence-electron chi connectivity index (χ4n) is 1.72. The van der Waals surface area contributed by atoms with E-state index >= 15 is 0 Å². The van der Waals surface area contributed by atoms with Gasteiger partial charge in [0.2, 0.25) is 0 Å². The van der Waals surface area contributed by atoms with E-state index < -0.39 is 0 Å². The van der Waals surface area contributed by atoms with Gasteiger partial charge in [0.1, 0.15) is 0 Å². The molecule has 0 unspecified atom stereocenters. The first-order chi connectivity index (χ1) is 5.70. The van der Waals surface area contributed by atoms with Gasteiger partial charge in [-0.2, -0.15) is 0 Å². The Balaban J connectivity index is 2.64. The van der Waals surface area contributed by atoms with Gasteiger partial charge in [0.15, 0.2) is 0 Å². The molecular weight excluding hydrogens is 212 g/mol. The molecule has 0 aromatic heterocycles. The van der Waals surface area contributed by atoms with Crippen molar-refractivity contribution in [1.82, 2.24) is 0 Å². The van der Waals surface area contributed by atoms with Crippen LogP contribution in [0, 0.1) is 0 Å². The third-order valence-electron chi connectivity index (χ3n) is 2.60. The van der Waals surface area contributed by atoms with Crippen LogP contribution in [-0.2, 0) is 6.42 Å². The van der Waals surface area contributed by atoms with E-state index in [4.69, 9.17) is 0 Å². The monoisotopic (exact) mass is 222 g/mol. The summed E-state index contributed by atoms with van der Waals surface area (Å²) < 4.78 is 1.25. The molecule has 1 aliphatic rings. The molecule has 0 heterocycles. The van der Waals surface area contributed by atoms with Crippen LogP contribution in [0.4, 0.5) is 0 Å². The zero-order chi connectivity index (χ0) is 8.72. The zero-order valence-electron chi connectivity index (χ0n) is 7.32. The Morgan fingerprint density at radius 2 is 2.00 bits per heavy atom. The lowest BCUT2D eigenvalue weighted by atomic mass is 10.1. The van der Waals surface area contributed by atoms with Gasteiger partial charge in [-0.05, 0) is 43.0 Å². The van der Waals surface area contributed by atoms with Gasteiger partial charge in [-0.3, -0.25) is 0 Å². The molecule has 1 aromatic carbocycles. The second-order valence-corrected chi connectivity index (χ2v) is 4.20. The van der Waals surface area contributed by atoms with E-state index in [2.05, 4.69) is 48.0 Å². The molecule has 0 nitrogen and oxygen atoms in total. The SMILES string of the molecule is CC1=C(C)c2cccc(Br)c2C1. The Morgan fingerprint density at radius 3 is 2.67 bits per heavy atom. The van der Waals surface area contributed by atoms with E-state index in [0.29, 0.717) is 0 Å². The minimum Gasteiger partial charge on any atom is -0.0653 e. The van der Waals surface area contributed by atoms with E-state index in [1.165, 1.54) is 26.7 Å². The van der Waals surface area contributed by atoms with Crippen molar-refractivity contribution in [2.45, 2.75) is 20.3 Å². The number of allylic oxidation sites excluding steroid dienone is 2. The fourth-order valence-corrected chi connectivity index (χ4v) is 2.22. The molecule has 0 aliphatic heterocycles. The van der Waals surface area contributed by atoms with E-state index in [9.17, 15) is 0 Å². The lowest BCUT2D eigenvalue weighted by Crippen LogP contribution is -1.83. The van der Waals surface area contributed by atoms with Crippen molar-refractivity contribution in [1.29, 1.82) is 0 Å². The van der Waals surface area contributed by atoms with Crippen LogP contribution in [0.5, 0.6) is 0 Å². The molecule has 0 spiro atoms. The van der Waals surface area contributed by atoms with E-state index in [-0.39, 0.29) is 0 Å². The van der Waals surface area contributed by atoms with Crippen molar-refractivity contribution in [3.8, 4) is 0 Å². The van der Waals surface area contributed by atoms with E-state index in [1.807, 2.05) is 0 Å². The van der Waals surface area contributed by atoms with Crippen LogP contribution in [-0.4, -0.2) is 0 Å². The number of hydrogen-bond donors (Lipinski definition) is 0. The van der Waals surface area contributed by atoms with Crippen molar-refractivity contribution >= 4 is 21.5 Å². The van der Waals surface area contributed by atoms with Crippen molar-refractivity contribution < 1.29 is 0 Å². The molecule has 1 heteroatoms. The summed E-state index contributed by atoms with van der Waals surface area (Å²) in [6, 6.07) is 6.42. The summed E-state index contributed by atoms with van der Waals surface area (Å²) in [7, 11) is 0. The van der Waals surface area contributed by atoms with E-state index in [0.717, 1.165) is 6.42 Å². The number of rotatable bonds is 0. The van der Waals surface area contributed by atoms with Crippen LogP contribution in [0.15, 0.2) is 28.2 Å². The first-order valence-electron chi connectivity index (χ1n) is 4.14. The fraction of sp³-hybridized carbons (Fsp3) is 0.273. The van der Waals surface area contributed by atoms with Crippen LogP contribution in [0.25, 0.3) is 5.57 Å².